The zero-order chi connectivity index (χ0) is 15.8. The summed E-state index contributed by atoms with van der Waals surface area (Å²) < 4.78 is 32.6. The van der Waals surface area contributed by atoms with Crippen LogP contribution in [0.4, 0.5) is 5.69 Å². The molecule has 0 aromatic heterocycles. The Balaban J connectivity index is 2.46. The van der Waals surface area contributed by atoms with Crippen LogP contribution >= 0.6 is 0 Å². The number of hydrogen-bond donors (Lipinski definition) is 2. The number of anilines is 1. The molecule has 1 aliphatic rings. The third-order valence-electron chi connectivity index (χ3n) is 3.78. The second-order valence-corrected chi connectivity index (χ2v) is 7.40. The maximum atomic E-state index is 12.9. The Labute approximate surface area is 125 Å². The monoisotopic (exact) mass is 314 g/mol. The van der Waals surface area contributed by atoms with E-state index in [0.29, 0.717) is 11.3 Å². The average Bonchev–Trinajstić information content (AvgIpc) is 2.43. The Morgan fingerprint density at radius 2 is 2.10 bits per heavy atom. The summed E-state index contributed by atoms with van der Waals surface area (Å²) in [6.07, 6.45) is -0.488. The van der Waals surface area contributed by atoms with Gasteiger partial charge in [-0.15, -0.1) is 0 Å². The molecule has 2 atom stereocenters. The van der Waals surface area contributed by atoms with Crippen LogP contribution in [0, 0.1) is 13.8 Å². The number of morpholine rings is 1. The molecule has 0 aliphatic carbocycles. The van der Waals surface area contributed by atoms with Crippen molar-refractivity contribution in [2.75, 3.05) is 25.5 Å². The molecule has 2 rings (SSSR count). The minimum absolute atomic E-state index is 0.146. The minimum Gasteiger partial charge on any atom is -0.398 e. The van der Waals surface area contributed by atoms with Gasteiger partial charge >= 0.3 is 0 Å². The molecular formula is C14H22N2O4S. The van der Waals surface area contributed by atoms with Crippen LogP contribution in [0.5, 0.6) is 0 Å². The van der Waals surface area contributed by atoms with Crippen molar-refractivity contribution in [1.29, 1.82) is 0 Å². The summed E-state index contributed by atoms with van der Waals surface area (Å²) in [6, 6.07) is 3.11. The number of nitrogens with two attached hydrogens (primary N) is 1. The number of sulfonamides is 1. The lowest BCUT2D eigenvalue weighted by atomic mass is 10.1. The lowest BCUT2D eigenvalue weighted by Crippen LogP contribution is -2.51. The van der Waals surface area contributed by atoms with Crippen molar-refractivity contribution in [1.82, 2.24) is 4.31 Å². The van der Waals surface area contributed by atoms with Gasteiger partial charge in [0.15, 0.2) is 0 Å². The number of ether oxygens (including phenoxy) is 1. The summed E-state index contributed by atoms with van der Waals surface area (Å²) in [5.74, 6) is 0. The van der Waals surface area contributed by atoms with Gasteiger partial charge in [0.25, 0.3) is 0 Å². The van der Waals surface area contributed by atoms with Crippen LogP contribution in [-0.2, 0) is 14.8 Å². The van der Waals surface area contributed by atoms with Crippen LogP contribution < -0.4 is 5.73 Å². The maximum Gasteiger partial charge on any atom is 0.243 e. The van der Waals surface area contributed by atoms with E-state index < -0.39 is 16.1 Å². The highest BCUT2D eigenvalue weighted by molar-refractivity contribution is 7.89. The van der Waals surface area contributed by atoms with Crippen molar-refractivity contribution in [2.45, 2.75) is 37.8 Å². The molecule has 118 valence electrons. The first-order valence-corrected chi connectivity index (χ1v) is 8.32. The molecule has 0 radical (unpaired) electrons. The van der Waals surface area contributed by atoms with E-state index in [2.05, 4.69) is 0 Å². The predicted octanol–water partition coefficient (Wildman–Crippen LogP) is 0.656. The largest absolute Gasteiger partial charge is 0.398 e. The van der Waals surface area contributed by atoms with Gasteiger partial charge in [0.05, 0.1) is 24.2 Å². The van der Waals surface area contributed by atoms with E-state index in [4.69, 9.17) is 10.5 Å². The van der Waals surface area contributed by atoms with Gasteiger partial charge in [-0.25, -0.2) is 8.42 Å². The number of nitrogen functional groups attached to an aromatic ring is 1. The van der Waals surface area contributed by atoms with Crippen molar-refractivity contribution in [3.63, 3.8) is 0 Å². The highest BCUT2D eigenvalue weighted by Crippen LogP contribution is 2.28. The van der Waals surface area contributed by atoms with Gasteiger partial charge in [0.1, 0.15) is 0 Å². The predicted molar refractivity (Wildman–Crippen MR) is 80.5 cm³/mol. The maximum absolute atomic E-state index is 12.9. The van der Waals surface area contributed by atoms with E-state index in [1.54, 1.807) is 26.0 Å². The van der Waals surface area contributed by atoms with Gasteiger partial charge in [-0.05, 0) is 44.0 Å². The van der Waals surface area contributed by atoms with E-state index in [9.17, 15) is 13.5 Å². The summed E-state index contributed by atoms with van der Waals surface area (Å²) in [7, 11) is -3.67. The van der Waals surface area contributed by atoms with Crippen LogP contribution in [0.3, 0.4) is 0 Å². The molecule has 1 aliphatic heterocycles. The second-order valence-electron chi connectivity index (χ2n) is 5.54. The molecule has 2 unspecified atom stereocenters. The Hall–Kier alpha value is -1.15. The first kappa shape index (κ1) is 16.2. The molecule has 1 heterocycles. The Morgan fingerprint density at radius 3 is 2.71 bits per heavy atom. The lowest BCUT2D eigenvalue weighted by molar-refractivity contribution is -0.0516. The minimum atomic E-state index is -3.67. The molecule has 1 saturated heterocycles. The Morgan fingerprint density at radius 1 is 1.43 bits per heavy atom. The Bertz CT molecular complexity index is 630. The topological polar surface area (TPSA) is 92.9 Å². The summed E-state index contributed by atoms with van der Waals surface area (Å²) in [5, 5.41) is 9.21. The fourth-order valence-electron chi connectivity index (χ4n) is 2.48. The third kappa shape index (κ3) is 3.06. The van der Waals surface area contributed by atoms with E-state index >= 15 is 0 Å². The second kappa shape index (κ2) is 5.92. The average molecular weight is 314 g/mol. The molecule has 1 fully saturated rings. The summed E-state index contributed by atoms with van der Waals surface area (Å²) in [5.41, 5.74) is 7.71. The van der Waals surface area contributed by atoms with E-state index in [1.165, 1.54) is 4.31 Å². The van der Waals surface area contributed by atoms with Crippen LogP contribution in [0.15, 0.2) is 17.0 Å². The molecule has 0 spiro atoms. The van der Waals surface area contributed by atoms with E-state index in [0.717, 1.165) is 5.56 Å². The van der Waals surface area contributed by atoms with Gasteiger partial charge in [-0.3, -0.25) is 0 Å². The van der Waals surface area contributed by atoms with E-state index in [1.807, 2.05) is 6.92 Å². The molecular weight excluding hydrogens is 292 g/mol. The SMILES string of the molecule is Cc1cc(N)c(C)c(S(=O)(=O)N2CC(CO)OCC2C)c1. The zero-order valence-electron chi connectivity index (χ0n) is 12.5. The van der Waals surface area contributed by atoms with Gasteiger partial charge in [-0.1, -0.05) is 0 Å². The molecule has 6 nitrogen and oxygen atoms in total. The normalized spacial score (nSPS) is 24.2. The van der Waals surface area contributed by atoms with Crippen LogP contribution in [-0.4, -0.2) is 49.7 Å². The van der Waals surface area contributed by atoms with Crippen molar-refractivity contribution in [3.8, 4) is 0 Å². The lowest BCUT2D eigenvalue weighted by Gasteiger charge is -2.36. The number of aliphatic hydroxyl groups is 1. The zero-order valence-corrected chi connectivity index (χ0v) is 13.4. The number of aliphatic hydroxyl groups excluding tert-OH is 1. The van der Waals surface area contributed by atoms with Gasteiger partial charge < -0.3 is 15.6 Å². The summed E-state index contributed by atoms with van der Waals surface area (Å²) in [6.45, 7) is 5.52. The molecule has 21 heavy (non-hydrogen) atoms. The molecule has 7 heteroatoms. The number of rotatable bonds is 3. The number of nitrogens with zero attached hydrogens (tertiary/aromatic N) is 1. The quantitative estimate of drug-likeness (QED) is 0.799. The first-order chi connectivity index (χ1) is 9.77. The summed E-state index contributed by atoms with van der Waals surface area (Å²) in [4.78, 5) is 0.227. The first-order valence-electron chi connectivity index (χ1n) is 6.88. The fraction of sp³-hybridized carbons (Fsp3) is 0.571. The molecule has 0 bridgehead atoms. The fourth-order valence-corrected chi connectivity index (χ4v) is 4.47. The van der Waals surface area contributed by atoms with E-state index in [-0.39, 0.29) is 30.7 Å². The van der Waals surface area contributed by atoms with Gasteiger partial charge in [0, 0.05) is 18.3 Å². The standard InChI is InChI=1S/C14H22N2O4S/c1-9-4-13(15)11(3)14(5-9)21(18,19)16-6-12(7-17)20-8-10(16)2/h4-5,10,12,17H,6-8,15H2,1-3H3. The molecule has 0 amide bonds. The number of benzene rings is 1. The van der Waals surface area contributed by atoms with Crippen LogP contribution in [0.25, 0.3) is 0 Å². The molecule has 0 saturated carbocycles. The van der Waals surface area contributed by atoms with Gasteiger partial charge in [0.2, 0.25) is 10.0 Å². The summed E-state index contributed by atoms with van der Waals surface area (Å²) >= 11 is 0. The third-order valence-corrected chi connectivity index (χ3v) is 5.89. The highest BCUT2D eigenvalue weighted by atomic mass is 32.2. The Kier molecular flexibility index (Phi) is 4.57. The van der Waals surface area contributed by atoms with Crippen molar-refractivity contribution in [3.05, 3.63) is 23.3 Å². The van der Waals surface area contributed by atoms with Crippen molar-refractivity contribution < 1.29 is 18.3 Å². The molecule has 3 N–H and O–H groups in total. The van der Waals surface area contributed by atoms with Crippen molar-refractivity contribution >= 4 is 15.7 Å². The smallest absolute Gasteiger partial charge is 0.243 e. The number of aryl methyl sites for hydroxylation is 1. The highest BCUT2D eigenvalue weighted by Gasteiger charge is 2.36. The van der Waals surface area contributed by atoms with Crippen LogP contribution in [0.2, 0.25) is 0 Å². The van der Waals surface area contributed by atoms with Crippen LogP contribution in [0.1, 0.15) is 18.1 Å². The molecule has 1 aromatic rings. The van der Waals surface area contributed by atoms with Crippen molar-refractivity contribution in [2.24, 2.45) is 0 Å². The van der Waals surface area contributed by atoms with Gasteiger partial charge in [-0.2, -0.15) is 4.31 Å². The number of hydrogen-bond acceptors (Lipinski definition) is 5. The molecule has 1 aromatic carbocycles.